The zero-order valence-electron chi connectivity index (χ0n) is 28.3. The standard InChI is InChI=1S/C36H47N11O/c1-4-11-32(42-35-39-25-30(22-37)34(43-35)46-18-10-17-44(2)20-21-46)14-8-9-19-47(36(48)40-23-28-12-6-5-7-13-28)33-16-15-29(24-38-33)31-26-41-45(3)27-31/h5-7,12-13,15-16,24-27,32H,4,8-11,14,17-21,23H2,1-3H3,(H,40,48)(H,39,42,43). The van der Waals surface area contributed by atoms with Crippen molar-refractivity contribution >= 4 is 23.6 Å². The summed E-state index contributed by atoms with van der Waals surface area (Å²) in [6.45, 7) is 6.80. The highest BCUT2D eigenvalue weighted by Gasteiger charge is 2.20. The molecule has 1 fully saturated rings. The number of aromatic nitrogens is 5. The normalized spacial score (nSPS) is 14.2. The Morgan fingerprint density at radius 2 is 1.83 bits per heavy atom. The van der Waals surface area contributed by atoms with Gasteiger partial charge in [0.1, 0.15) is 17.5 Å². The van der Waals surface area contributed by atoms with Gasteiger partial charge in [-0.05, 0) is 63.4 Å². The first-order valence-electron chi connectivity index (χ1n) is 16.9. The number of hydrogen-bond acceptors (Lipinski definition) is 9. The first kappa shape index (κ1) is 34.3. The molecule has 252 valence electrons. The van der Waals surface area contributed by atoms with Crippen LogP contribution in [0.2, 0.25) is 0 Å². The fourth-order valence-electron chi connectivity index (χ4n) is 5.98. The van der Waals surface area contributed by atoms with Crippen molar-refractivity contribution in [1.82, 2.24) is 34.9 Å². The van der Waals surface area contributed by atoms with E-state index < -0.39 is 0 Å². The van der Waals surface area contributed by atoms with Crippen molar-refractivity contribution in [2.24, 2.45) is 7.05 Å². The number of carbonyl (C=O) groups excluding carboxylic acids is 1. The van der Waals surface area contributed by atoms with Gasteiger partial charge in [0.2, 0.25) is 5.95 Å². The van der Waals surface area contributed by atoms with Crippen molar-refractivity contribution in [2.75, 3.05) is 54.9 Å². The number of benzene rings is 1. The molecule has 1 aromatic carbocycles. The van der Waals surface area contributed by atoms with Crippen LogP contribution in [0.25, 0.3) is 11.1 Å². The van der Waals surface area contributed by atoms with E-state index in [1.165, 1.54) is 0 Å². The molecule has 2 amide bonds. The summed E-state index contributed by atoms with van der Waals surface area (Å²) in [5.74, 6) is 1.87. The molecule has 48 heavy (non-hydrogen) atoms. The molecule has 4 heterocycles. The van der Waals surface area contributed by atoms with Crippen LogP contribution in [0.1, 0.15) is 56.6 Å². The SMILES string of the molecule is CCCC(CCCCN(C(=O)NCc1ccccc1)c1ccc(-c2cnn(C)c2)cn1)Nc1ncc(C#N)c(N2CCCN(C)CC2)n1. The minimum atomic E-state index is -0.179. The predicted molar refractivity (Wildman–Crippen MR) is 190 cm³/mol. The molecule has 1 aliphatic rings. The molecule has 1 unspecified atom stereocenters. The van der Waals surface area contributed by atoms with Gasteiger partial charge in [-0.15, -0.1) is 0 Å². The van der Waals surface area contributed by atoms with Gasteiger partial charge in [-0.2, -0.15) is 15.3 Å². The van der Waals surface area contributed by atoms with Gasteiger partial charge in [-0.1, -0.05) is 43.7 Å². The minimum Gasteiger partial charge on any atom is -0.354 e. The summed E-state index contributed by atoms with van der Waals surface area (Å²) in [4.78, 5) is 33.8. The third kappa shape index (κ3) is 9.51. The van der Waals surface area contributed by atoms with Gasteiger partial charge in [0.05, 0.1) is 12.4 Å². The highest BCUT2D eigenvalue weighted by Crippen LogP contribution is 2.23. The van der Waals surface area contributed by atoms with Crippen LogP contribution in [0.15, 0.2) is 67.3 Å². The third-order valence-electron chi connectivity index (χ3n) is 8.66. The van der Waals surface area contributed by atoms with Crippen LogP contribution in [-0.2, 0) is 13.6 Å². The number of rotatable bonds is 14. The van der Waals surface area contributed by atoms with Gasteiger partial charge in [-0.3, -0.25) is 9.58 Å². The van der Waals surface area contributed by atoms with Crippen molar-refractivity contribution < 1.29 is 4.79 Å². The third-order valence-corrected chi connectivity index (χ3v) is 8.66. The Morgan fingerprint density at radius 3 is 2.56 bits per heavy atom. The largest absolute Gasteiger partial charge is 0.354 e. The highest BCUT2D eigenvalue weighted by molar-refractivity contribution is 5.91. The molecule has 12 nitrogen and oxygen atoms in total. The van der Waals surface area contributed by atoms with Crippen molar-refractivity contribution in [2.45, 2.75) is 58.0 Å². The molecule has 0 saturated carbocycles. The van der Waals surface area contributed by atoms with Gasteiger partial charge in [0, 0.05) is 69.3 Å². The maximum atomic E-state index is 13.5. The Morgan fingerprint density at radius 1 is 0.979 bits per heavy atom. The molecule has 1 atom stereocenters. The van der Waals surface area contributed by atoms with E-state index in [-0.39, 0.29) is 12.1 Å². The number of aryl methyl sites for hydroxylation is 1. The van der Waals surface area contributed by atoms with Crippen LogP contribution in [-0.4, -0.2) is 81.5 Å². The van der Waals surface area contributed by atoms with Crippen LogP contribution in [0.4, 0.5) is 22.4 Å². The molecule has 12 heteroatoms. The van der Waals surface area contributed by atoms with Crippen LogP contribution in [0, 0.1) is 11.3 Å². The smallest absolute Gasteiger partial charge is 0.323 e. The van der Waals surface area contributed by atoms with Gasteiger partial charge in [0.15, 0.2) is 5.82 Å². The number of nitrogens with zero attached hydrogens (tertiary/aromatic N) is 9. The van der Waals surface area contributed by atoms with E-state index in [1.807, 2.05) is 55.7 Å². The lowest BCUT2D eigenvalue weighted by Gasteiger charge is -2.25. The number of nitriles is 1. The summed E-state index contributed by atoms with van der Waals surface area (Å²) in [6, 6.07) is 16.1. The summed E-state index contributed by atoms with van der Waals surface area (Å²) in [5.41, 5.74) is 3.46. The number of amides is 2. The molecule has 0 bridgehead atoms. The average Bonchev–Trinajstić information content (AvgIpc) is 3.43. The Kier molecular flexibility index (Phi) is 12.3. The summed E-state index contributed by atoms with van der Waals surface area (Å²) in [6.07, 6.45) is 12.8. The van der Waals surface area contributed by atoms with Crippen LogP contribution in [0.5, 0.6) is 0 Å². The van der Waals surface area contributed by atoms with Gasteiger partial charge in [-0.25, -0.2) is 14.8 Å². The van der Waals surface area contributed by atoms with Crippen LogP contribution in [0.3, 0.4) is 0 Å². The lowest BCUT2D eigenvalue weighted by atomic mass is 10.0. The molecule has 3 aromatic heterocycles. The number of urea groups is 1. The number of likely N-dealkylation sites (N-methyl/N-ethyl adjacent to an activating group) is 1. The average molecular weight is 650 g/mol. The summed E-state index contributed by atoms with van der Waals surface area (Å²) in [5, 5.41) is 20.7. The monoisotopic (exact) mass is 649 g/mol. The molecule has 0 aliphatic carbocycles. The zero-order chi connectivity index (χ0) is 33.7. The Labute approximate surface area is 283 Å². The maximum Gasteiger partial charge on any atom is 0.323 e. The van der Waals surface area contributed by atoms with Crippen molar-refractivity contribution in [1.29, 1.82) is 5.26 Å². The molecular weight excluding hydrogens is 602 g/mol. The first-order chi connectivity index (χ1) is 23.4. The molecule has 0 radical (unpaired) electrons. The molecular formula is C36H47N11O. The van der Waals surface area contributed by atoms with E-state index >= 15 is 0 Å². The Balaban J connectivity index is 1.22. The van der Waals surface area contributed by atoms with Crippen LogP contribution < -0.4 is 20.4 Å². The lowest BCUT2D eigenvalue weighted by molar-refractivity contribution is 0.245. The predicted octanol–water partition coefficient (Wildman–Crippen LogP) is 5.45. The number of hydrogen-bond donors (Lipinski definition) is 2. The zero-order valence-corrected chi connectivity index (χ0v) is 28.3. The second-order valence-corrected chi connectivity index (χ2v) is 12.4. The molecule has 4 aromatic rings. The molecule has 1 aliphatic heterocycles. The number of unbranched alkanes of at least 4 members (excludes halogenated alkanes) is 1. The number of nitrogens with one attached hydrogen (secondary N) is 2. The van der Waals surface area contributed by atoms with Gasteiger partial charge < -0.3 is 20.4 Å². The minimum absolute atomic E-state index is 0.170. The fraction of sp³-hybridized carbons (Fsp3) is 0.444. The van der Waals surface area contributed by atoms with Crippen LogP contribution >= 0.6 is 0 Å². The Hall–Kier alpha value is -5.02. The molecule has 1 saturated heterocycles. The van der Waals surface area contributed by atoms with E-state index in [1.54, 1.807) is 28.2 Å². The molecule has 5 rings (SSSR count). The van der Waals surface area contributed by atoms with E-state index in [4.69, 9.17) is 4.98 Å². The fourth-order valence-corrected chi connectivity index (χ4v) is 5.98. The summed E-state index contributed by atoms with van der Waals surface area (Å²) < 4.78 is 1.76. The number of anilines is 3. The quantitative estimate of drug-likeness (QED) is 0.171. The lowest BCUT2D eigenvalue weighted by Crippen LogP contribution is -2.41. The maximum absolute atomic E-state index is 13.5. The molecule has 2 N–H and O–H groups in total. The van der Waals surface area contributed by atoms with Crippen molar-refractivity contribution in [3.05, 3.63) is 78.4 Å². The van der Waals surface area contributed by atoms with E-state index in [0.29, 0.717) is 36.2 Å². The van der Waals surface area contributed by atoms with E-state index in [9.17, 15) is 10.1 Å². The summed E-state index contributed by atoms with van der Waals surface area (Å²) >= 11 is 0. The van der Waals surface area contributed by atoms with Crippen molar-refractivity contribution in [3.63, 3.8) is 0 Å². The van der Waals surface area contributed by atoms with E-state index in [0.717, 1.165) is 81.4 Å². The number of pyridine rings is 1. The second-order valence-electron chi connectivity index (χ2n) is 12.4. The summed E-state index contributed by atoms with van der Waals surface area (Å²) in [7, 11) is 4.01. The second kappa shape index (κ2) is 17.2. The molecule has 0 spiro atoms. The van der Waals surface area contributed by atoms with E-state index in [2.05, 4.69) is 55.5 Å². The first-order valence-corrected chi connectivity index (χ1v) is 16.9. The topological polar surface area (TPSA) is 131 Å². The highest BCUT2D eigenvalue weighted by atomic mass is 16.2. The van der Waals surface area contributed by atoms with Crippen molar-refractivity contribution in [3.8, 4) is 17.2 Å². The van der Waals surface area contributed by atoms with Gasteiger partial charge in [0.25, 0.3) is 0 Å². The Bertz CT molecular complexity index is 1630. The number of carbonyl (C=O) groups is 1. The van der Waals surface area contributed by atoms with Gasteiger partial charge >= 0.3 is 6.03 Å².